The first-order chi connectivity index (χ1) is 12.1. The zero-order chi connectivity index (χ0) is 17.4. The fourth-order valence-electron chi connectivity index (χ4n) is 3.43. The van der Waals surface area contributed by atoms with Crippen LogP contribution in [0, 0.1) is 12.7 Å². The summed E-state index contributed by atoms with van der Waals surface area (Å²) in [4.78, 5) is 23.3. The third-order valence-corrected chi connectivity index (χ3v) is 4.62. The zero-order valence-electron chi connectivity index (χ0n) is 13.9. The quantitative estimate of drug-likeness (QED) is 0.684. The molecule has 6 nitrogen and oxygen atoms in total. The van der Waals surface area contributed by atoms with E-state index in [0.717, 1.165) is 30.9 Å². The predicted molar refractivity (Wildman–Crippen MR) is 91.2 cm³/mol. The highest BCUT2D eigenvalue weighted by molar-refractivity contribution is 5.96. The molecule has 4 rings (SSSR count). The molecule has 1 aliphatic rings. The number of rotatable bonds is 4. The number of benzene rings is 1. The lowest BCUT2D eigenvalue weighted by Gasteiger charge is -2.26. The van der Waals surface area contributed by atoms with Crippen LogP contribution >= 0.6 is 0 Å². The number of hydrogen-bond acceptors (Lipinski definition) is 5. The molecule has 0 saturated carbocycles. The Hall–Kier alpha value is -2.83. The number of aromatic nitrogens is 4. The number of Topliss-reactive ketones (excluding diaryl/α,β-unsaturated/α-hetero) is 1. The molecule has 1 atom stereocenters. The maximum Gasteiger partial charge on any atom is 0.254 e. The van der Waals surface area contributed by atoms with Gasteiger partial charge in [-0.05, 0) is 44.0 Å². The summed E-state index contributed by atoms with van der Waals surface area (Å²) in [5.41, 5.74) is 1.41. The molecular weight excluding hydrogens is 321 g/mol. The second-order valence-electron chi connectivity index (χ2n) is 6.35. The predicted octanol–water partition coefficient (Wildman–Crippen LogP) is 2.81. The van der Waals surface area contributed by atoms with E-state index >= 15 is 0 Å². The second-order valence-corrected chi connectivity index (χ2v) is 6.35. The summed E-state index contributed by atoms with van der Waals surface area (Å²) in [6, 6.07) is 7.80. The number of halogens is 1. The Morgan fingerprint density at radius 2 is 2.12 bits per heavy atom. The van der Waals surface area contributed by atoms with E-state index in [1.807, 2.05) is 13.0 Å². The Kier molecular flexibility index (Phi) is 3.91. The van der Waals surface area contributed by atoms with Gasteiger partial charge in [0.05, 0.1) is 0 Å². The molecule has 2 aromatic heterocycles. The fourth-order valence-corrected chi connectivity index (χ4v) is 3.43. The molecule has 0 radical (unpaired) electrons. The highest BCUT2D eigenvalue weighted by Gasteiger charge is 2.29. The maximum absolute atomic E-state index is 13.1. The van der Waals surface area contributed by atoms with E-state index in [4.69, 9.17) is 0 Å². The first-order valence-corrected chi connectivity index (χ1v) is 8.34. The highest BCUT2D eigenvalue weighted by Crippen LogP contribution is 2.28. The van der Waals surface area contributed by atoms with Gasteiger partial charge in [0.1, 0.15) is 18.0 Å². The maximum atomic E-state index is 13.1. The van der Waals surface area contributed by atoms with Crippen LogP contribution in [0.4, 0.5) is 10.2 Å². The molecule has 3 heterocycles. The molecule has 0 N–H and O–H groups in total. The smallest absolute Gasteiger partial charge is 0.254 e. The van der Waals surface area contributed by atoms with Crippen molar-refractivity contribution in [3.05, 3.63) is 53.7 Å². The van der Waals surface area contributed by atoms with Gasteiger partial charge in [0.15, 0.2) is 5.78 Å². The Labute approximate surface area is 144 Å². The van der Waals surface area contributed by atoms with Crippen molar-refractivity contribution in [3.8, 4) is 0 Å². The van der Waals surface area contributed by atoms with Gasteiger partial charge >= 0.3 is 0 Å². The van der Waals surface area contributed by atoms with E-state index in [2.05, 4.69) is 20.0 Å². The van der Waals surface area contributed by atoms with E-state index in [1.165, 1.54) is 18.5 Å². The number of carbonyl (C=O) groups is 1. The van der Waals surface area contributed by atoms with Crippen LogP contribution in [0.3, 0.4) is 0 Å². The molecule has 1 saturated heterocycles. The van der Waals surface area contributed by atoms with Crippen molar-refractivity contribution in [2.24, 2.45) is 0 Å². The third kappa shape index (κ3) is 2.97. The molecule has 3 aromatic rings. The number of nitrogens with zero attached hydrogens (tertiary/aromatic N) is 5. The molecule has 1 aliphatic heterocycles. The molecule has 1 fully saturated rings. The van der Waals surface area contributed by atoms with Crippen molar-refractivity contribution in [2.75, 3.05) is 11.4 Å². The molecule has 1 aromatic carbocycles. The van der Waals surface area contributed by atoms with Crippen molar-refractivity contribution in [1.29, 1.82) is 0 Å². The van der Waals surface area contributed by atoms with Crippen LogP contribution in [-0.4, -0.2) is 38.0 Å². The summed E-state index contributed by atoms with van der Waals surface area (Å²) in [6.07, 6.45) is 3.83. The van der Waals surface area contributed by atoms with Gasteiger partial charge in [0.2, 0.25) is 0 Å². The third-order valence-electron chi connectivity index (χ3n) is 4.62. The average Bonchev–Trinajstić information content (AvgIpc) is 3.23. The van der Waals surface area contributed by atoms with E-state index < -0.39 is 0 Å². The average molecular weight is 339 g/mol. The van der Waals surface area contributed by atoms with Crippen molar-refractivity contribution >= 4 is 17.4 Å². The Bertz CT molecular complexity index is 921. The highest BCUT2D eigenvalue weighted by atomic mass is 19.1. The molecule has 0 bridgehead atoms. The van der Waals surface area contributed by atoms with E-state index in [9.17, 15) is 9.18 Å². The minimum Gasteiger partial charge on any atom is -0.353 e. The van der Waals surface area contributed by atoms with Crippen LogP contribution in [-0.2, 0) is 0 Å². The second kappa shape index (κ2) is 6.23. The summed E-state index contributed by atoms with van der Waals surface area (Å²) in [6.45, 7) is 2.78. The number of aryl methyl sites for hydroxylation is 1. The lowest BCUT2D eigenvalue weighted by molar-refractivity contribution is 0.0974. The molecule has 25 heavy (non-hydrogen) atoms. The van der Waals surface area contributed by atoms with Gasteiger partial charge < -0.3 is 4.90 Å². The minimum absolute atomic E-state index is 0.0255. The number of carbonyl (C=O) groups excluding carboxylic acids is 1. The summed E-state index contributed by atoms with van der Waals surface area (Å²) >= 11 is 0. The van der Waals surface area contributed by atoms with Crippen molar-refractivity contribution in [3.63, 3.8) is 0 Å². The number of ketones is 1. The number of hydrogen-bond donors (Lipinski definition) is 0. The zero-order valence-corrected chi connectivity index (χ0v) is 13.9. The van der Waals surface area contributed by atoms with Crippen LogP contribution < -0.4 is 4.90 Å². The van der Waals surface area contributed by atoms with Gasteiger partial charge in [-0.1, -0.05) is 0 Å². The summed E-state index contributed by atoms with van der Waals surface area (Å²) in [7, 11) is 0. The minimum atomic E-state index is -0.333. The fraction of sp³-hybridized carbons (Fsp3) is 0.333. The van der Waals surface area contributed by atoms with Crippen LogP contribution in [0.5, 0.6) is 0 Å². The van der Waals surface area contributed by atoms with Crippen LogP contribution in [0.15, 0.2) is 36.7 Å². The first-order valence-electron chi connectivity index (χ1n) is 8.34. The molecule has 128 valence electrons. The summed E-state index contributed by atoms with van der Waals surface area (Å²) in [5, 5.41) is 4.26. The summed E-state index contributed by atoms with van der Waals surface area (Å²) in [5.74, 6) is 1.16. The standard InChI is InChI=1S/C18H18FN5O/c1-12-9-17(24-18(22-12)20-11-21-24)23-8-2-3-15(23)10-16(25)13-4-6-14(19)7-5-13/h4-7,9,11,15H,2-3,8,10H2,1H3. The first kappa shape index (κ1) is 15.7. The van der Waals surface area contributed by atoms with E-state index in [-0.39, 0.29) is 17.6 Å². The molecule has 0 spiro atoms. The SMILES string of the molecule is Cc1cc(N2CCCC2CC(=O)c2ccc(F)cc2)n2ncnc2n1. The van der Waals surface area contributed by atoms with Gasteiger partial charge in [-0.2, -0.15) is 14.6 Å². The van der Waals surface area contributed by atoms with Crippen molar-refractivity contribution in [1.82, 2.24) is 19.6 Å². The molecule has 0 aliphatic carbocycles. The van der Waals surface area contributed by atoms with Gasteiger partial charge in [0.25, 0.3) is 5.78 Å². The molecular formula is C18H18FN5O. The summed E-state index contributed by atoms with van der Waals surface area (Å²) < 4.78 is 14.8. The molecule has 7 heteroatoms. The van der Waals surface area contributed by atoms with Gasteiger partial charge in [0, 0.05) is 36.3 Å². The Morgan fingerprint density at radius 3 is 2.92 bits per heavy atom. The van der Waals surface area contributed by atoms with Gasteiger partial charge in [-0.3, -0.25) is 4.79 Å². The topological polar surface area (TPSA) is 63.4 Å². The van der Waals surface area contributed by atoms with Gasteiger partial charge in [-0.15, -0.1) is 0 Å². The molecule has 0 amide bonds. The largest absolute Gasteiger partial charge is 0.353 e. The molecule has 1 unspecified atom stereocenters. The lowest BCUT2D eigenvalue weighted by Crippen LogP contribution is -2.33. The van der Waals surface area contributed by atoms with Crippen LogP contribution in [0.25, 0.3) is 5.78 Å². The monoisotopic (exact) mass is 339 g/mol. The van der Waals surface area contributed by atoms with E-state index in [0.29, 0.717) is 17.8 Å². The van der Waals surface area contributed by atoms with Crippen molar-refractivity contribution in [2.45, 2.75) is 32.2 Å². The Balaban J connectivity index is 1.61. The Morgan fingerprint density at radius 1 is 1.32 bits per heavy atom. The van der Waals surface area contributed by atoms with E-state index in [1.54, 1.807) is 16.6 Å². The normalized spacial score (nSPS) is 17.4. The number of anilines is 1. The van der Waals surface area contributed by atoms with Crippen molar-refractivity contribution < 1.29 is 9.18 Å². The van der Waals surface area contributed by atoms with Crippen LogP contribution in [0.1, 0.15) is 35.3 Å². The lowest BCUT2D eigenvalue weighted by atomic mass is 10.0. The number of fused-ring (bicyclic) bond motifs is 1. The van der Waals surface area contributed by atoms with Gasteiger partial charge in [-0.25, -0.2) is 9.37 Å². The van der Waals surface area contributed by atoms with Crippen LogP contribution in [0.2, 0.25) is 0 Å².